The lowest BCUT2D eigenvalue weighted by Crippen LogP contribution is -2.20. The molecule has 4 aromatic rings. The molecule has 45 heavy (non-hydrogen) atoms. The van der Waals surface area contributed by atoms with E-state index >= 15 is 0 Å². The van der Waals surface area contributed by atoms with Crippen LogP contribution >= 0.6 is 0 Å². The Kier molecular flexibility index (Phi) is 12.5. The number of carbonyl (C=O) groups excluding carboxylic acids is 2. The lowest BCUT2D eigenvalue weighted by atomic mass is 10.2. The third-order valence-electron chi connectivity index (χ3n) is 6.46. The number of amides is 2. The van der Waals surface area contributed by atoms with Crippen LogP contribution in [0.5, 0.6) is 23.0 Å². The van der Waals surface area contributed by atoms with Crippen LogP contribution in [0.15, 0.2) is 107 Å². The fraction of sp³-hybridized carbons (Fsp3) is 0.200. The van der Waals surface area contributed by atoms with Crippen LogP contribution in [-0.4, -0.2) is 38.5 Å². The van der Waals surface area contributed by atoms with E-state index in [2.05, 4.69) is 21.1 Å². The van der Waals surface area contributed by atoms with Crippen LogP contribution in [0.3, 0.4) is 0 Å². The van der Waals surface area contributed by atoms with Crippen LogP contribution in [0.25, 0.3) is 0 Å². The molecule has 0 atom stereocenters. The van der Waals surface area contributed by atoms with Crippen LogP contribution in [0.4, 0.5) is 0 Å². The zero-order valence-corrected chi connectivity index (χ0v) is 25.3. The number of nitrogens with zero attached hydrogens (tertiary/aromatic N) is 2. The maximum absolute atomic E-state index is 12.2. The van der Waals surface area contributed by atoms with Gasteiger partial charge in [0, 0.05) is 12.8 Å². The number of nitrogens with one attached hydrogen (secondary N) is 2. The SMILES string of the molecule is COc1cc(/C=N\NC(=O)CCCC(=O)N/N=C\c2ccc(OCc3ccccc3)c(OC)c2)ccc1OCc1ccccc1. The highest BCUT2D eigenvalue weighted by Crippen LogP contribution is 2.29. The zero-order valence-electron chi connectivity index (χ0n) is 25.3. The number of rotatable bonds is 16. The first-order valence-corrected chi connectivity index (χ1v) is 14.4. The van der Waals surface area contributed by atoms with Crippen molar-refractivity contribution in [1.82, 2.24) is 10.9 Å². The second-order valence-electron chi connectivity index (χ2n) is 9.81. The van der Waals surface area contributed by atoms with E-state index < -0.39 is 0 Å². The van der Waals surface area contributed by atoms with E-state index in [1.54, 1.807) is 38.5 Å². The zero-order chi connectivity index (χ0) is 31.7. The van der Waals surface area contributed by atoms with Crippen LogP contribution < -0.4 is 29.8 Å². The monoisotopic (exact) mass is 608 g/mol. The molecule has 0 saturated heterocycles. The molecule has 2 N–H and O–H groups in total. The number of ether oxygens (including phenoxy) is 4. The summed E-state index contributed by atoms with van der Waals surface area (Å²) in [5.74, 6) is 1.70. The molecule has 2 amide bonds. The van der Waals surface area contributed by atoms with Gasteiger partial charge in [-0.2, -0.15) is 10.2 Å². The Morgan fingerprint density at radius 2 is 1.02 bits per heavy atom. The Hall–Kier alpha value is -5.64. The first-order chi connectivity index (χ1) is 22.0. The first-order valence-electron chi connectivity index (χ1n) is 14.4. The van der Waals surface area contributed by atoms with Gasteiger partial charge >= 0.3 is 0 Å². The van der Waals surface area contributed by atoms with Gasteiger partial charge < -0.3 is 18.9 Å². The third-order valence-corrected chi connectivity index (χ3v) is 6.46. The first kappa shape index (κ1) is 32.3. The van der Waals surface area contributed by atoms with Gasteiger partial charge in [-0.15, -0.1) is 0 Å². The molecule has 0 heterocycles. The molecule has 0 aliphatic rings. The van der Waals surface area contributed by atoms with E-state index in [9.17, 15) is 9.59 Å². The molecule has 0 unspecified atom stereocenters. The van der Waals surface area contributed by atoms with Gasteiger partial charge in [-0.3, -0.25) is 9.59 Å². The van der Waals surface area contributed by atoms with Gasteiger partial charge in [0.15, 0.2) is 23.0 Å². The quantitative estimate of drug-likeness (QED) is 0.126. The largest absolute Gasteiger partial charge is 0.493 e. The van der Waals surface area contributed by atoms with E-state index in [0.717, 1.165) is 22.3 Å². The van der Waals surface area contributed by atoms with Crippen LogP contribution in [0, 0.1) is 0 Å². The average Bonchev–Trinajstić information content (AvgIpc) is 3.07. The standard InChI is InChI=1S/C35H36N4O6/c1-42-32-20-28(16-18-30(32)44-24-26-10-5-3-6-11-26)22-36-38-34(40)14-9-15-35(41)39-37-23-29-17-19-31(33(21-29)43-2)45-25-27-12-7-4-8-13-27/h3-8,10-13,16-23H,9,14-15,24-25H2,1-2H3,(H,38,40)(H,39,41)/b36-22-,37-23-. The molecule has 0 fully saturated rings. The Bertz CT molecular complexity index is 1470. The number of carbonyl (C=O) groups is 2. The summed E-state index contributed by atoms with van der Waals surface area (Å²) in [6.07, 6.45) is 3.63. The fourth-order valence-corrected chi connectivity index (χ4v) is 4.12. The lowest BCUT2D eigenvalue weighted by molar-refractivity contribution is -0.122. The van der Waals surface area contributed by atoms with Crippen molar-refractivity contribution in [3.8, 4) is 23.0 Å². The molecule has 10 heteroatoms. The van der Waals surface area contributed by atoms with Crippen LogP contribution in [-0.2, 0) is 22.8 Å². The van der Waals surface area contributed by atoms with Gasteiger partial charge in [-0.25, -0.2) is 10.9 Å². The van der Waals surface area contributed by atoms with Crippen molar-refractivity contribution in [2.75, 3.05) is 14.2 Å². The number of hydrogen-bond acceptors (Lipinski definition) is 8. The molecule has 232 valence electrons. The smallest absolute Gasteiger partial charge is 0.240 e. The Morgan fingerprint density at radius 3 is 1.42 bits per heavy atom. The van der Waals surface area contributed by atoms with Gasteiger partial charge in [0.2, 0.25) is 11.8 Å². The van der Waals surface area contributed by atoms with E-state index in [1.807, 2.05) is 72.8 Å². The highest BCUT2D eigenvalue weighted by Gasteiger charge is 2.08. The van der Waals surface area contributed by atoms with Crippen molar-refractivity contribution < 1.29 is 28.5 Å². The summed E-state index contributed by atoms with van der Waals surface area (Å²) >= 11 is 0. The Morgan fingerprint density at radius 1 is 0.600 bits per heavy atom. The molecule has 0 spiro atoms. The van der Waals surface area contributed by atoms with Gasteiger partial charge in [0.25, 0.3) is 0 Å². The van der Waals surface area contributed by atoms with Crippen molar-refractivity contribution in [3.05, 3.63) is 119 Å². The number of hydrazone groups is 2. The Labute approximate surface area is 262 Å². The second-order valence-corrected chi connectivity index (χ2v) is 9.81. The maximum atomic E-state index is 12.2. The number of methoxy groups -OCH3 is 2. The minimum atomic E-state index is -0.306. The van der Waals surface area contributed by atoms with Gasteiger partial charge in [-0.1, -0.05) is 60.7 Å². The molecular formula is C35H36N4O6. The van der Waals surface area contributed by atoms with Gasteiger partial charge in [0.05, 0.1) is 26.6 Å². The third kappa shape index (κ3) is 10.9. The van der Waals surface area contributed by atoms with Gasteiger partial charge in [-0.05, 0) is 65.1 Å². The molecule has 0 radical (unpaired) electrons. The molecule has 0 saturated carbocycles. The molecule has 0 aromatic heterocycles. The van der Waals surface area contributed by atoms with Crippen molar-refractivity contribution in [3.63, 3.8) is 0 Å². The summed E-state index contributed by atoms with van der Waals surface area (Å²) in [5.41, 5.74) is 8.50. The van der Waals surface area contributed by atoms with Gasteiger partial charge in [0.1, 0.15) is 13.2 Å². The summed E-state index contributed by atoms with van der Waals surface area (Å²) in [6.45, 7) is 0.833. The lowest BCUT2D eigenvalue weighted by Gasteiger charge is -2.11. The highest BCUT2D eigenvalue weighted by atomic mass is 16.5. The van der Waals surface area contributed by atoms with E-state index in [0.29, 0.717) is 42.6 Å². The highest BCUT2D eigenvalue weighted by molar-refractivity contribution is 5.84. The summed E-state index contributed by atoms with van der Waals surface area (Å²) in [5, 5.41) is 8.01. The summed E-state index contributed by atoms with van der Waals surface area (Å²) < 4.78 is 22.6. The predicted molar refractivity (Wildman–Crippen MR) is 173 cm³/mol. The number of hydrogen-bond donors (Lipinski definition) is 2. The topological polar surface area (TPSA) is 120 Å². The molecule has 0 aliphatic heterocycles. The van der Waals surface area contributed by atoms with E-state index in [1.165, 1.54) is 12.4 Å². The molecule has 0 aliphatic carbocycles. The summed E-state index contributed by atoms with van der Waals surface area (Å²) in [7, 11) is 3.12. The molecule has 10 nitrogen and oxygen atoms in total. The second kappa shape index (κ2) is 17.5. The molecule has 4 rings (SSSR count). The van der Waals surface area contributed by atoms with Crippen LogP contribution in [0.1, 0.15) is 41.5 Å². The van der Waals surface area contributed by atoms with Crippen molar-refractivity contribution in [1.29, 1.82) is 0 Å². The minimum absolute atomic E-state index is 0.131. The van der Waals surface area contributed by atoms with Crippen molar-refractivity contribution in [2.24, 2.45) is 10.2 Å². The predicted octanol–water partition coefficient (Wildman–Crippen LogP) is 5.63. The molecule has 0 bridgehead atoms. The molecular weight excluding hydrogens is 572 g/mol. The Balaban J connectivity index is 1.15. The summed E-state index contributed by atoms with van der Waals surface area (Å²) in [6, 6.07) is 30.4. The number of benzene rings is 4. The average molecular weight is 609 g/mol. The minimum Gasteiger partial charge on any atom is -0.493 e. The van der Waals surface area contributed by atoms with Crippen LogP contribution in [0.2, 0.25) is 0 Å². The van der Waals surface area contributed by atoms with E-state index in [-0.39, 0.29) is 24.7 Å². The summed E-state index contributed by atoms with van der Waals surface area (Å²) in [4.78, 5) is 24.3. The normalized spacial score (nSPS) is 10.9. The molecule has 4 aromatic carbocycles. The maximum Gasteiger partial charge on any atom is 0.240 e. The van der Waals surface area contributed by atoms with E-state index in [4.69, 9.17) is 18.9 Å². The van der Waals surface area contributed by atoms with Crippen molar-refractivity contribution in [2.45, 2.75) is 32.5 Å². The fourth-order valence-electron chi connectivity index (χ4n) is 4.12. The van der Waals surface area contributed by atoms with Crippen molar-refractivity contribution >= 4 is 24.2 Å².